The van der Waals surface area contributed by atoms with Crippen LogP contribution in [-0.2, 0) is 10.0 Å². The molecule has 0 aliphatic heterocycles. The molecule has 1 rings (SSSR count). The molecule has 0 aliphatic rings. The largest absolute Gasteiger partial charge is 0.330 e. The standard InChI is InChI=1S/C12H19BrN2O2S/c1-9-7-11(13)8-10(2)12(9)15-18(16,17)6-4-3-5-14/h7-8,15H,3-6,14H2,1-2H3. The van der Waals surface area contributed by atoms with Gasteiger partial charge in [0.05, 0.1) is 11.4 Å². The first kappa shape index (κ1) is 15.5. The summed E-state index contributed by atoms with van der Waals surface area (Å²) in [6, 6.07) is 3.79. The first-order valence-corrected chi connectivity index (χ1v) is 8.27. The number of benzene rings is 1. The lowest BCUT2D eigenvalue weighted by molar-refractivity contribution is 0.597. The van der Waals surface area contributed by atoms with Crippen molar-refractivity contribution in [1.29, 1.82) is 0 Å². The Morgan fingerprint density at radius 3 is 2.28 bits per heavy atom. The maximum absolute atomic E-state index is 11.9. The van der Waals surface area contributed by atoms with Crippen LogP contribution in [0.1, 0.15) is 24.0 Å². The molecule has 0 spiro atoms. The lowest BCUT2D eigenvalue weighted by atomic mass is 10.1. The van der Waals surface area contributed by atoms with Gasteiger partial charge in [0.1, 0.15) is 0 Å². The molecule has 1 aromatic carbocycles. The second-order valence-corrected chi connectivity index (χ2v) is 7.09. The van der Waals surface area contributed by atoms with E-state index >= 15 is 0 Å². The third-order valence-corrected chi connectivity index (χ3v) is 4.42. The summed E-state index contributed by atoms with van der Waals surface area (Å²) in [4.78, 5) is 0. The van der Waals surface area contributed by atoms with Crippen LogP contribution in [0.5, 0.6) is 0 Å². The van der Waals surface area contributed by atoms with Crippen LogP contribution in [-0.4, -0.2) is 20.7 Å². The molecular weight excluding hydrogens is 316 g/mol. The fourth-order valence-corrected chi connectivity index (χ4v) is 3.72. The zero-order valence-corrected chi connectivity index (χ0v) is 13.1. The summed E-state index contributed by atoms with van der Waals surface area (Å²) in [6.07, 6.45) is 1.31. The molecule has 6 heteroatoms. The number of nitrogens with one attached hydrogen (secondary N) is 1. The molecule has 0 saturated heterocycles. The Labute approximate surface area is 117 Å². The maximum Gasteiger partial charge on any atom is 0.232 e. The number of hydrogen-bond donors (Lipinski definition) is 2. The number of aryl methyl sites for hydroxylation is 2. The molecule has 0 radical (unpaired) electrons. The van der Waals surface area contributed by atoms with Crippen LogP contribution in [0.25, 0.3) is 0 Å². The third-order valence-electron chi connectivity index (χ3n) is 2.62. The number of nitrogens with two attached hydrogens (primary N) is 1. The highest BCUT2D eigenvalue weighted by atomic mass is 79.9. The van der Waals surface area contributed by atoms with Gasteiger partial charge in [0.25, 0.3) is 0 Å². The van der Waals surface area contributed by atoms with Crippen molar-refractivity contribution >= 4 is 31.6 Å². The van der Waals surface area contributed by atoms with Gasteiger partial charge in [-0.2, -0.15) is 0 Å². The molecule has 0 fully saturated rings. The average molecular weight is 335 g/mol. The summed E-state index contributed by atoms with van der Waals surface area (Å²) >= 11 is 3.39. The molecule has 0 aromatic heterocycles. The first-order valence-electron chi connectivity index (χ1n) is 5.83. The zero-order valence-electron chi connectivity index (χ0n) is 10.7. The molecular formula is C12H19BrN2O2S. The molecule has 0 aliphatic carbocycles. The van der Waals surface area contributed by atoms with Crippen molar-refractivity contribution in [3.05, 3.63) is 27.7 Å². The highest BCUT2D eigenvalue weighted by Crippen LogP contribution is 2.26. The van der Waals surface area contributed by atoms with Crippen molar-refractivity contribution in [2.24, 2.45) is 5.73 Å². The van der Waals surface area contributed by atoms with E-state index in [0.717, 1.165) is 22.0 Å². The molecule has 18 heavy (non-hydrogen) atoms. The molecule has 3 N–H and O–H groups in total. The summed E-state index contributed by atoms with van der Waals surface area (Å²) in [5, 5.41) is 0. The summed E-state index contributed by atoms with van der Waals surface area (Å²) in [5.41, 5.74) is 7.84. The van der Waals surface area contributed by atoms with Gasteiger partial charge in [0.15, 0.2) is 0 Å². The van der Waals surface area contributed by atoms with Crippen molar-refractivity contribution in [3.8, 4) is 0 Å². The minimum absolute atomic E-state index is 0.110. The monoisotopic (exact) mass is 334 g/mol. The Morgan fingerprint density at radius 1 is 1.22 bits per heavy atom. The van der Waals surface area contributed by atoms with Crippen LogP contribution in [0.15, 0.2) is 16.6 Å². The number of sulfonamides is 1. The molecule has 0 amide bonds. The van der Waals surface area contributed by atoms with Crippen LogP contribution in [0.4, 0.5) is 5.69 Å². The lowest BCUT2D eigenvalue weighted by Gasteiger charge is -2.13. The van der Waals surface area contributed by atoms with E-state index in [9.17, 15) is 8.42 Å². The van der Waals surface area contributed by atoms with Gasteiger partial charge in [-0.3, -0.25) is 4.72 Å². The Morgan fingerprint density at radius 2 is 1.78 bits per heavy atom. The predicted molar refractivity (Wildman–Crippen MR) is 79.3 cm³/mol. The fraction of sp³-hybridized carbons (Fsp3) is 0.500. The Bertz CT molecular complexity index is 492. The zero-order chi connectivity index (χ0) is 13.8. The van der Waals surface area contributed by atoms with Crippen LogP contribution < -0.4 is 10.5 Å². The van der Waals surface area contributed by atoms with Crippen molar-refractivity contribution < 1.29 is 8.42 Å². The van der Waals surface area contributed by atoms with E-state index in [1.54, 1.807) is 0 Å². The van der Waals surface area contributed by atoms with Gasteiger partial charge in [-0.05, 0) is 56.5 Å². The highest BCUT2D eigenvalue weighted by Gasteiger charge is 2.13. The predicted octanol–water partition coefficient (Wildman–Crippen LogP) is 2.55. The van der Waals surface area contributed by atoms with Crippen molar-refractivity contribution in [3.63, 3.8) is 0 Å². The Hall–Kier alpha value is -0.590. The lowest BCUT2D eigenvalue weighted by Crippen LogP contribution is -2.18. The number of hydrogen-bond acceptors (Lipinski definition) is 3. The second-order valence-electron chi connectivity index (χ2n) is 4.33. The maximum atomic E-state index is 11.9. The van der Waals surface area contributed by atoms with Gasteiger partial charge < -0.3 is 5.73 Å². The molecule has 0 atom stereocenters. The molecule has 0 saturated carbocycles. The topological polar surface area (TPSA) is 72.2 Å². The molecule has 4 nitrogen and oxygen atoms in total. The summed E-state index contributed by atoms with van der Waals surface area (Å²) < 4.78 is 27.4. The normalized spacial score (nSPS) is 11.6. The molecule has 0 heterocycles. The van der Waals surface area contributed by atoms with Gasteiger partial charge in [0.2, 0.25) is 10.0 Å². The molecule has 0 bridgehead atoms. The van der Waals surface area contributed by atoms with Gasteiger partial charge in [-0.1, -0.05) is 15.9 Å². The molecule has 102 valence electrons. The van der Waals surface area contributed by atoms with Crippen molar-refractivity contribution in [2.75, 3.05) is 17.0 Å². The van der Waals surface area contributed by atoms with E-state index in [1.807, 2.05) is 26.0 Å². The van der Waals surface area contributed by atoms with E-state index in [4.69, 9.17) is 5.73 Å². The van der Waals surface area contributed by atoms with Crippen LogP contribution >= 0.6 is 15.9 Å². The number of halogens is 1. The van der Waals surface area contributed by atoms with Gasteiger partial charge in [-0.15, -0.1) is 0 Å². The number of rotatable bonds is 6. The highest BCUT2D eigenvalue weighted by molar-refractivity contribution is 9.10. The summed E-state index contributed by atoms with van der Waals surface area (Å²) in [5.74, 6) is 0.110. The van der Waals surface area contributed by atoms with Crippen LogP contribution in [0.2, 0.25) is 0 Å². The van der Waals surface area contributed by atoms with E-state index in [0.29, 0.717) is 18.7 Å². The minimum atomic E-state index is -3.29. The Kier molecular flexibility index (Phi) is 5.62. The van der Waals surface area contributed by atoms with E-state index < -0.39 is 10.0 Å². The van der Waals surface area contributed by atoms with E-state index in [2.05, 4.69) is 20.7 Å². The Balaban J connectivity index is 2.84. The molecule has 0 unspecified atom stereocenters. The smallest absolute Gasteiger partial charge is 0.232 e. The van der Waals surface area contributed by atoms with E-state index in [-0.39, 0.29) is 5.75 Å². The van der Waals surface area contributed by atoms with Crippen molar-refractivity contribution in [1.82, 2.24) is 0 Å². The van der Waals surface area contributed by atoms with Crippen molar-refractivity contribution in [2.45, 2.75) is 26.7 Å². The number of unbranched alkanes of at least 4 members (excludes halogenated alkanes) is 1. The van der Waals surface area contributed by atoms with Gasteiger partial charge in [-0.25, -0.2) is 8.42 Å². The third kappa shape index (κ3) is 4.59. The van der Waals surface area contributed by atoms with Crippen LogP contribution in [0, 0.1) is 13.8 Å². The van der Waals surface area contributed by atoms with E-state index in [1.165, 1.54) is 0 Å². The summed E-state index contributed by atoms with van der Waals surface area (Å²) in [7, 11) is -3.29. The van der Waals surface area contributed by atoms with Gasteiger partial charge in [0, 0.05) is 4.47 Å². The minimum Gasteiger partial charge on any atom is -0.330 e. The number of anilines is 1. The SMILES string of the molecule is Cc1cc(Br)cc(C)c1NS(=O)(=O)CCCCN. The van der Waals surface area contributed by atoms with Gasteiger partial charge >= 0.3 is 0 Å². The summed E-state index contributed by atoms with van der Waals surface area (Å²) in [6.45, 7) is 4.29. The molecule has 1 aromatic rings. The quantitative estimate of drug-likeness (QED) is 0.785. The average Bonchev–Trinajstić information content (AvgIpc) is 2.23. The fourth-order valence-electron chi connectivity index (χ4n) is 1.71. The van der Waals surface area contributed by atoms with Crippen LogP contribution in [0.3, 0.4) is 0 Å². The first-order chi connectivity index (χ1) is 8.35. The second kappa shape index (κ2) is 6.54.